The van der Waals surface area contributed by atoms with Gasteiger partial charge in [-0.1, -0.05) is 52.3 Å². The van der Waals surface area contributed by atoms with E-state index in [4.69, 9.17) is 14.2 Å². The molecule has 42 heavy (non-hydrogen) atoms. The minimum atomic E-state index is -0.170. The lowest BCUT2D eigenvalue weighted by Gasteiger charge is -2.41. The zero-order chi connectivity index (χ0) is 29.7. The first-order valence-electron chi connectivity index (χ1n) is 13.8. The van der Waals surface area contributed by atoms with Crippen LogP contribution in [0.15, 0.2) is 69.6 Å². The van der Waals surface area contributed by atoms with Crippen LogP contribution in [0.5, 0.6) is 17.2 Å². The maximum Gasteiger partial charge on any atom is 0.137 e. The number of fused-ring (bicyclic) bond motifs is 7. The molecule has 1 unspecified atom stereocenters. The number of halogens is 2. The van der Waals surface area contributed by atoms with Crippen LogP contribution in [0.1, 0.15) is 73.7 Å². The molecular formula is C34H32Br2O6. The number of hydrogen-bond donors (Lipinski definition) is 3. The summed E-state index contributed by atoms with van der Waals surface area (Å²) in [6, 6.07) is 20.1. The van der Waals surface area contributed by atoms with Crippen LogP contribution in [0.2, 0.25) is 0 Å². The predicted octanol–water partition coefficient (Wildman–Crippen LogP) is 6.87. The van der Waals surface area contributed by atoms with Crippen LogP contribution in [-0.4, -0.2) is 36.6 Å². The fourth-order valence-corrected chi connectivity index (χ4v) is 8.67. The van der Waals surface area contributed by atoms with E-state index in [0.29, 0.717) is 5.75 Å². The SMILES string of the molecule is COc1ccc([C@@H]2C3c4c(Br)c(CO)cc(CO)c4[C@H](c4ccc(CO)cc4)[C@@H]2c2c(Br)c(OC)cc(OC)c23)cc1. The Labute approximate surface area is 262 Å². The molecule has 0 saturated carbocycles. The second-order valence-corrected chi connectivity index (χ2v) is 12.3. The highest BCUT2D eigenvalue weighted by molar-refractivity contribution is 9.11. The Morgan fingerprint density at radius 3 is 1.79 bits per heavy atom. The smallest absolute Gasteiger partial charge is 0.137 e. The van der Waals surface area contributed by atoms with Gasteiger partial charge in [0.1, 0.15) is 17.2 Å². The van der Waals surface area contributed by atoms with Crippen molar-refractivity contribution in [3.05, 3.63) is 120 Å². The minimum absolute atomic E-state index is 0.0185. The lowest BCUT2D eigenvalue weighted by Crippen LogP contribution is -2.28. The Hall–Kier alpha value is -2.88. The fraction of sp³-hybridized carbons (Fsp3) is 0.294. The molecule has 0 aromatic heterocycles. The molecule has 3 N–H and O–H groups in total. The van der Waals surface area contributed by atoms with Crippen LogP contribution < -0.4 is 14.2 Å². The van der Waals surface area contributed by atoms with Crippen LogP contribution in [0.4, 0.5) is 0 Å². The molecule has 4 aromatic rings. The molecule has 0 saturated heterocycles. The Bertz CT molecular complexity index is 1630. The van der Waals surface area contributed by atoms with E-state index in [2.05, 4.69) is 56.1 Å². The summed E-state index contributed by atoms with van der Waals surface area (Å²) in [6.07, 6.45) is 0. The zero-order valence-electron chi connectivity index (χ0n) is 23.5. The van der Waals surface area contributed by atoms with Crippen LogP contribution in [0, 0.1) is 0 Å². The molecular weight excluding hydrogens is 664 g/mol. The van der Waals surface area contributed by atoms with Crippen LogP contribution in [-0.2, 0) is 19.8 Å². The van der Waals surface area contributed by atoms with Gasteiger partial charge in [-0.15, -0.1) is 0 Å². The first-order valence-corrected chi connectivity index (χ1v) is 15.3. The highest BCUT2D eigenvalue weighted by Gasteiger charge is 2.55. The van der Waals surface area contributed by atoms with Crippen molar-refractivity contribution in [3.63, 3.8) is 0 Å². The summed E-state index contributed by atoms with van der Waals surface area (Å²) in [4.78, 5) is 0. The van der Waals surface area contributed by atoms with Crippen molar-refractivity contribution < 1.29 is 29.5 Å². The van der Waals surface area contributed by atoms with Gasteiger partial charge in [-0.25, -0.2) is 0 Å². The average molecular weight is 696 g/mol. The molecule has 0 heterocycles. The first kappa shape index (κ1) is 29.2. The van der Waals surface area contributed by atoms with E-state index in [0.717, 1.165) is 70.5 Å². The molecule has 0 fully saturated rings. The first-order chi connectivity index (χ1) is 20.4. The van der Waals surface area contributed by atoms with Gasteiger partial charge < -0.3 is 29.5 Å². The standard InChI is InChI=1S/C34H32Br2O6/c1-40-22-10-8-19(9-11-22)26-29-25(18-6-4-17(14-37)5-7-18)27-20(15-38)12-21(16-39)33(35)31(27)30(26)28-23(41-2)13-24(42-3)34(36)32(28)29/h4-13,25-26,29-30,37-39H,14-16H2,1-3H3/t25-,26-,29-,30?/m0/s1. The van der Waals surface area contributed by atoms with Gasteiger partial charge in [-0.05, 0) is 78.6 Å². The number of rotatable bonds is 8. The van der Waals surface area contributed by atoms with Gasteiger partial charge in [-0.3, -0.25) is 0 Å². The van der Waals surface area contributed by atoms with Crippen LogP contribution in [0.3, 0.4) is 0 Å². The van der Waals surface area contributed by atoms with Gasteiger partial charge in [0, 0.05) is 39.8 Å². The second-order valence-electron chi connectivity index (χ2n) is 10.8. The third kappa shape index (κ3) is 4.38. The monoisotopic (exact) mass is 694 g/mol. The third-order valence-corrected chi connectivity index (χ3v) is 10.7. The van der Waals surface area contributed by atoms with Crippen molar-refractivity contribution >= 4 is 31.9 Å². The van der Waals surface area contributed by atoms with Crippen molar-refractivity contribution in [2.75, 3.05) is 21.3 Å². The molecule has 0 radical (unpaired) electrons. The molecule has 0 spiro atoms. The quantitative estimate of drug-likeness (QED) is 0.187. The summed E-state index contributed by atoms with van der Waals surface area (Å²) >= 11 is 7.84. The Balaban J connectivity index is 1.77. The van der Waals surface area contributed by atoms with Gasteiger partial charge in [0.05, 0.1) is 45.6 Å². The lowest BCUT2D eigenvalue weighted by atomic mass is 9.62. The van der Waals surface area contributed by atoms with Crippen molar-refractivity contribution in [3.8, 4) is 17.2 Å². The second kappa shape index (κ2) is 11.7. The summed E-state index contributed by atoms with van der Waals surface area (Å²) in [5.74, 6) is 1.79. The van der Waals surface area contributed by atoms with Gasteiger partial charge in [0.2, 0.25) is 0 Å². The minimum Gasteiger partial charge on any atom is -0.497 e. The molecule has 2 aliphatic rings. The maximum absolute atomic E-state index is 10.7. The number of aliphatic hydroxyl groups excluding tert-OH is 3. The van der Waals surface area contributed by atoms with Crippen molar-refractivity contribution in [1.82, 2.24) is 0 Å². The summed E-state index contributed by atoms with van der Waals surface area (Å²) in [7, 11) is 5.00. The van der Waals surface area contributed by atoms with Gasteiger partial charge in [-0.2, -0.15) is 0 Å². The number of hydrogen-bond acceptors (Lipinski definition) is 6. The van der Waals surface area contributed by atoms with Crippen molar-refractivity contribution in [1.29, 1.82) is 0 Å². The highest BCUT2D eigenvalue weighted by Crippen LogP contribution is 2.70. The predicted molar refractivity (Wildman–Crippen MR) is 168 cm³/mol. The van der Waals surface area contributed by atoms with Crippen molar-refractivity contribution in [2.45, 2.75) is 43.5 Å². The van der Waals surface area contributed by atoms with Gasteiger partial charge >= 0.3 is 0 Å². The van der Waals surface area contributed by atoms with Gasteiger partial charge in [0.25, 0.3) is 0 Å². The highest BCUT2D eigenvalue weighted by atomic mass is 79.9. The van der Waals surface area contributed by atoms with E-state index >= 15 is 0 Å². The van der Waals surface area contributed by atoms with E-state index in [1.165, 1.54) is 0 Å². The van der Waals surface area contributed by atoms with E-state index in [1.54, 1.807) is 21.3 Å². The normalized spacial score (nSPS) is 20.2. The van der Waals surface area contributed by atoms with E-state index < -0.39 is 0 Å². The summed E-state index contributed by atoms with van der Waals surface area (Å²) in [5, 5.41) is 30.9. The molecule has 8 heteroatoms. The largest absolute Gasteiger partial charge is 0.497 e. The lowest BCUT2D eigenvalue weighted by molar-refractivity contribution is 0.271. The van der Waals surface area contributed by atoms with Crippen LogP contribution in [0.25, 0.3) is 0 Å². The molecule has 218 valence electrons. The maximum atomic E-state index is 10.7. The molecule has 6 nitrogen and oxygen atoms in total. The van der Waals surface area contributed by atoms with E-state index in [9.17, 15) is 15.3 Å². The number of methoxy groups -OCH3 is 3. The molecule has 4 atom stereocenters. The summed E-state index contributed by atoms with van der Waals surface area (Å²) in [5.41, 5.74) is 8.78. The average Bonchev–Trinajstić information content (AvgIpc) is 3.30. The Morgan fingerprint density at radius 2 is 1.21 bits per heavy atom. The molecule has 6 rings (SSSR count). The summed E-state index contributed by atoms with van der Waals surface area (Å²) in [6.45, 7) is -0.383. The Kier molecular flexibility index (Phi) is 8.11. The zero-order valence-corrected chi connectivity index (χ0v) is 26.7. The number of benzene rings is 4. The topological polar surface area (TPSA) is 88.4 Å². The molecule has 0 amide bonds. The molecule has 2 bridgehead atoms. The molecule has 4 aromatic carbocycles. The van der Waals surface area contributed by atoms with Crippen molar-refractivity contribution in [2.24, 2.45) is 0 Å². The third-order valence-electron chi connectivity index (χ3n) is 8.95. The number of ether oxygens (including phenoxy) is 3. The Morgan fingerprint density at radius 1 is 0.571 bits per heavy atom. The van der Waals surface area contributed by atoms with E-state index in [-0.39, 0.29) is 43.5 Å². The van der Waals surface area contributed by atoms with Gasteiger partial charge in [0.15, 0.2) is 0 Å². The van der Waals surface area contributed by atoms with E-state index in [1.807, 2.05) is 36.4 Å². The molecule has 2 aliphatic carbocycles. The fourth-order valence-electron chi connectivity index (χ4n) is 7.21. The van der Waals surface area contributed by atoms with Crippen LogP contribution >= 0.6 is 31.9 Å². The molecule has 0 aliphatic heterocycles. The summed E-state index contributed by atoms with van der Waals surface area (Å²) < 4.78 is 19.1. The number of aliphatic hydroxyl groups is 3.